The van der Waals surface area contributed by atoms with E-state index in [9.17, 15) is 9.59 Å². The van der Waals surface area contributed by atoms with Gasteiger partial charge in [0.2, 0.25) is 0 Å². The lowest BCUT2D eigenvalue weighted by atomic mass is 10.4. The van der Waals surface area contributed by atoms with Crippen LogP contribution in [0.1, 0.15) is 0 Å². The summed E-state index contributed by atoms with van der Waals surface area (Å²) in [6, 6.07) is -0.254. The maximum atomic E-state index is 11.6. The smallest absolute Gasteiger partial charge is 0.323 e. The van der Waals surface area contributed by atoms with Gasteiger partial charge in [0.05, 0.1) is 13.2 Å². The van der Waals surface area contributed by atoms with E-state index in [1.165, 1.54) is 11.9 Å². The third-order valence-electron chi connectivity index (χ3n) is 1.98. The van der Waals surface area contributed by atoms with Gasteiger partial charge in [0.25, 0.3) is 0 Å². The van der Waals surface area contributed by atoms with Gasteiger partial charge in [-0.1, -0.05) is 0 Å². The van der Waals surface area contributed by atoms with Gasteiger partial charge in [-0.05, 0) is 0 Å². The highest BCUT2D eigenvalue weighted by Crippen LogP contribution is 2.01. The Morgan fingerprint density at radius 1 is 1.43 bits per heavy atom. The third-order valence-corrected chi connectivity index (χ3v) is 1.98. The molecule has 0 spiro atoms. The van der Waals surface area contributed by atoms with Crippen LogP contribution < -0.4 is 0 Å². The number of carbonyl (C=O) groups is 2. The van der Waals surface area contributed by atoms with Gasteiger partial charge in [-0.2, -0.15) is 0 Å². The number of likely N-dealkylation sites (N-methyl/N-ethyl adjacent to an activating group) is 1. The number of rotatable bonds is 2. The molecule has 6 nitrogen and oxygen atoms in total. The van der Waals surface area contributed by atoms with Crippen LogP contribution >= 0.6 is 0 Å². The van der Waals surface area contributed by atoms with Gasteiger partial charge in [0, 0.05) is 20.1 Å². The highest BCUT2D eigenvalue weighted by atomic mass is 16.5. The van der Waals surface area contributed by atoms with Crippen LogP contribution in [-0.4, -0.2) is 66.8 Å². The van der Waals surface area contributed by atoms with Crippen molar-refractivity contribution in [2.75, 3.05) is 39.9 Å². The minimum atomic E-state index is -1.01. The number of morpholine rings is 1. The standard InChI is InChI=1S/C8H14N2O4/c1-9(6-7(11)12)8(13)10-2-4-14-5-3-10/h2-6H2,1H3,(H,11,12). The summed E-state index contributed by atoms with van der Waals surface area (Å²) in [5.41, 5.74) is 0. The average molecular weight is 202 g/mol. The van der Waals surface area contributed by atoms with Crippen molar-refractivity contribution in [3.05, 3.63) is 0 Å². The number of urea groups is 1. The molecule has 1 aliphatic rings. The topological polar surface area (TPSA) is 70.1 Å². The van der Waals surface area contributed by atoms with Crippen LogP contribution in [0.5, 0.6) is 0 Å². The predicted molar refractivity (Wildman–Crippen MR) is 48.1 cm³/mol. The minimum Gasteiger partial charge on any atom is -0.480 e. The number of carboxylic acid groups (broad SMARTS) is 1. The Labute approximate surface area is 82.0 Å². The van der Waals surface area contributed by atoms with Crippen molar-refractivity contribution >= 4 is 12.0 Å². The maximum Gasteiger partial charge on any atom is 0.323 e. The number of amides is 2. The quantitative estimate of drug-likeness (QED) is 0.652. The van der Waals surface area contributed by atoms with Crippen molar-refractivity contribution in [2.45, 2.75) is 0 Å². The van der Waals surface area contributed by atoms with E-state index in [0.29, 0.717) is 26.3 Å². The average Bonchev–Trinajstić information content (AvgIpc) is 2.17. The third kappa shape index (κ3) is 2.88. The fourth-order valence-electron chi connectivity index (χ4n) is 1.27. The molecule has 0 atom stereocenters. The molecule has 1 rings (SSSR count). The number of ether oxygens (including phenoxy) is 1. The van der Waals surface area contributed by atoms with Crippen LogP contribution in [0.25, 0.3) is 0 Å². The molecule has 0 unspecified atom stereocenters. The van der Waals surface area contributed by atoms with Crippen molar-refractivity contribution in [3.63, 3.8) is 0 Å². The first-order valence-corrected chi connectivity index (χ1v) is 4.41. The number of carbonyl (C=O) groups excluding carboxylic acids is 1. The summed E-state index contributed by atoms with van der Waals surface area (Å²) in [5.74, 6) is -1.01. The summed E-state index contributed by atoms with van der Waals surface area (Å²) >= 11 is 0. The van der Waals surface area contributed by atoms with E-state index in [1.54, 1.807) is 4.90 Å². The zero-order valence-corrected chi connectivity index (χ0v) is 8.10. The highest BCUT2D eigenvalue weighted by Gasteiger charge is 2.21. The van der Waals surface area contributed by atoms with Crippen molar-refractivity contribution in [1.29, 1.82) is 0 Å². The number of carboxylic acids is 1. The molecular weight excluding hydrogens is 188 g/mol. The molecular formula is C8H14N2O4. The van der Waals surface area contributed by atoms with Crippen LogP contribution in [0, 0.1) is 0 Å². The van der Waals surface area contributed by atoms with Gasteiger partial charge in [0.1, 0.15) is 6.54 Å². The normalized spacial score (nSPS) is 16.5. The second-order valence-electron chi connectivity index (χ2n) is 3.13. The molecule has 0 aliphatic carbocycles. The molecule has 1 fully saturated rings. The van der Waals surface area contributed by atoms with Gasteiger partial charge in [0.15, 0.2) is 0 Å². The lowest BCUT2D eigenvalue weighted by Crippen LogP contribution is -2.48. The molecule has 0 aromatic rings. The first-order valence-electron chi connectivity index (χ1n) is 4.41. The first-order chi connectivity index (χ1) is 6.61. The molecule has 0 aromatic heterocycles. The summed E-state index contributed by atoms with van der Waals surface area (Å²) < 4.78 is 5.08. The van der Waals surface area contributed by atoms with Crippen LogP contribution in [-0.2, 0) is 9.53 Å². The zero-order chi connectivity index (χ0) is 10.6. The molecule has 1 saturated heterocycles. The molecule has 80 valence electrons. The van der Waals surface area contributed by atoms with E-state index < -0.39 is 5.97 Å². The number of nitrogens with zero attached hydrogens (tertiary/aromatic N) is 2. The Balaban J connectivity index is 2.42. The van der Waals surface area contributed by atoms with Gasteiger partial charge in [-0.15, -0.1) is 0 Å². The van der Waals surface area contributed by atoms with Crippen LogP contribution in [0.4, 0.5) is 4.79 Å². The van der Waals surface area contributed by atoms with Crippen molar-refractivity contribution in [1.82, 2.24) is 9.80 Å². The van der Waals surface area contributed by atoms with Crippen LogP contribution in [0.15, 0.2) is 0 Å². The minimum absolute atomic E-state index is 0.254. The van der Waals surface area contributed by atoms with E-state index in [0.717, 1.165) is 0 Å². The maximum absolute atomic E-state index is 11.6. The molecule has 6 heteroatoms. The van der Waals surface area contributed by atoms with E-state index in [2.05, 4.69) is 0 Å². The number of hydrogen-bond acceptors (Lipinski definition) is 3. The lowest BCUT2D eigenvalue weighted by molar-refractivity contribution is -0.137. The predicted octanol–water partition coefficient (Wildman–Crippen LogP) is -0.545. The molecule has 0 aromatic carbocycles. The van der Waals surface area contributed by atoms with Crippen molar-refractivity contribution in [3.8, 4) is 0 Å². The van der Waals surface area contributed by atoms with Gasteiger partial charge in [-0.3, -0.25) is 4.79 Å². The summed E-state index contributed by atoms with van der Waals surface area (Å²) in [5, 5.41) is 8.49. The number of aliphatic carboxylic acids is 1. The summed E-state index contributed by atoms with van der Waals surface area (Å²) in [6.07, 6.45) is 0. The largest absolute Gasteiger partial charge is 0.480 e. The van der Waals surface area contributed by atoms with Gasteiger partial charge >= 0.3 is 12.0 Å². The van der Waals surface area contributed by atoms with Gasteiger partial charge < -0.3 is 19.6 Å². The van der Waals surface area contributed by atoms with Crippen LogP contribution in [0.2, 0.25) is 0 Å². The summed E-state index contributed by atoms with van der Waals surface area (Å²) in [4.78, 5) is 24.7. The Hall–Kier alpha value is -1.30. The molecule has 1 N–H and O–H groups in total. The molecule has 1 aliphatic heterocycles. The molecule has 2 amide bonds. The SMILES string of the molecule is CN(CC(=O)O)C(=O)N1CCOCC1. The van der Waals surface area contributed by atoms with E-state index in [4.69, 9.17) is 9.84 Å². The van der Waals surface area contributed by atoms with Crippen molar-refractivity contribution in [2.24, 2.45) is 0 Å². The summed E-state index contributed by atoms with van der Waals surface area (Å²) in [6.45, 7) is 1.83. The fraction of sp³-hybridized carbons (Fsp3) is 0.750. The van der Waals surface area contributed by atoms with E-state index in [-0.39, 0.29) is 12.6 Å². The van der Waals surface area contributed by atoms with Crippen molar-refractivity contribution < 1.29 is 19.4 Å². The first kappa shape index (κ1) is 10.8. The van der Waals surface area contributed by atoms with Crippen LogP contribution in [0.3, 0.4) is 0 Å². The summed E-state index contributed by atoms with van der Waals surface area (Å²) in [7, 11) is 1.48. The second-order valence-corrected chi connectivity index (χ2v) is 3.13. The molecule has 0 radical (unpaired) electrons. The molecule has 14 heavy (non-hydrogen) atoms. The fourth-order valence-corrected chi connectivity index (χ4v) is 1.27. The Morgan fingerprint density at radius 2 is 2.00 bits per heavy atom. The Bertz CT molecular complexity index is 225. The molecule has 1 heterocycles. The molecule has 0 saturated carbocycles. The Morgan fingerprint density at radius 3 is 2.50 bits per heavy atom. The second kappa shape index (κ2) is 4.80. The number of hydrogen-bond donors (Lipinski definition) is 1. The zero-order valence-electron chi connectivity index (χ0n) is 8.10. The molecule has 0 bridgehead atoms. The lowest BCUT2D eigenvalue weighted by Gasteiger charge is -2.30. The van der Waals surface area contributed by atoms with E-state index >= 15 is 0 Å². The monoisotopic (exact) mass is 202 g/mol. The van der Waals surface area contributed by atoms with E-state index in [1.807, 2.05) is 0 Å². The Kier molecular flexibility index (Phi) is 3.70. The highest BCUT2D eigenvalue weighted by molar-refractivity contribution is 5.79. The van der Waals surface area contributed by atoms with Gasteiger partial charge in [-0.25, -0.2) is 4.79 Å².